The number of benzene rings is 3. The number of aromatic nitrogens is 1. The highest BCUT2D eigenvalue weighted by Crippen LogP contribution is 2.38. The number of nitrogens with zero attached hydrogens (tertiary/aromatic N) is 1. The van der Waals surface area contributed by atoms with Crippen molar-refractivity contribution >= 4 is 23.0 Å². The first-order chi connectivity index (χ1) is 12.3. The summed E-state index contributed by atoms with van der Waals surface area (Å²) in [5.41, 5.74) is 4.85. The van der Waals surface area contributed by atoms with Gasteiger partial charge in [-0.1, -0.05) is 97.1 Å². The van der Waals surface area contributed by atoms with Crippen molar-refractivity contribution in [3.05, 3.63) is 89.6 Å². The predicted octanol–water partition coefficient (Wildman–Crippen LogP) is 6.72. The molecular formula is C23H19NS. The van der Waals surface area contributed by atoms with Gasteiger partial charge in [0.2, 0.25) is 0 Å². The molecule has 1 aromatic heterocycles. The quantitative estimate of drug-likeness (QED) is 0.374. The number of hydrogen-bond donors (Lipinski definition) is 0. The molecule has 0 saturated heterocycles. The first-order valence-corrected chi connectivity index (χ1v) is 8.98. The van der Waals surface area contributed by atoms with E-state index in [2.05, 4.69) is 96.4 Å². The minimum Gasteiger partial charge on any atom is -0.331 e. The van der Waals surface area contributed by atoms with Crippen molar-refractivity contribution < 1.29 is 0 Å². The molecule has 0 spiro atoms. The Bertz CT molecular complexity index is 1080. The van der Waals surface area contributed by atoms with Crippen LogP contribution in [0.5, 0.6) is 0 Å². The molecule has 4 rings (SSSR count). The van der Waals surface area contributed by atoms with Gasteiger partial charge in [0.25, 0.3) is 0 Å². The molecule has 0 amide bonds. The zero-order valence-electron chi connectivity index (χ0n) is 14.1. The molecule has 1 heterocycles. The molecular weight excluding hydrogens is 322 g/mol. The maximum Gasteiger partial charge on any atom is 0.114 e. The highest BCUT2D eigenvalue weighted by atomic mass is 32.1. The molecule has 0 N–H and O–H groups in total. The van der Waals surface area contributed by atoms with Crippen molar-refractivity contribution in [3.8, 4) is 22.4 Å². The van der Waals surface area contributed by atoms with E-state index in [4.69, 9.17) is 12.2 Å². The third kappa shape index (κ3) is 2.69. The fraction of sp³-hybridized carbons (Fsp3) is 0.0870. The molecule has 25 heavy (non-hydrogen) atoms. The van der Waals surface area contributed by atoms with Gasteiger partial charge in [-0.3, -0.25) is 0 Å². The normalized spacial score (nSPS) is 10.9. The Labute approximate surface area is 153 Å². The van der Waals surface area contributed by atoms with Gasteiger partial charge in [0, 0.05) is 17.5 Å². The summed E-state index contributed by atoms with van der Waals surface area (Å²) in [6.45, 7) is 3.00. The molecule has 4 aromatic rings. The van der Waals surface area contributed by atoms with E-state index in [-0.39, 0.29) is 0 Å². The van der Waals surface area contributed by atoms with Crippen molar-refractivity contribution in [2.24, 2.45) is 0 Å². The molecule has 0 unspecified atom stereocenters. The minimum atomic E-state index is 0.841. The molecule has 0 aliphatic heterocycles. The van der Waals surface area contributed by atoms with E-state index in [0.29, 0.717) is 0 Å². The molecule has 0 aliphatic carbocycles. The number of pyridine rings is 1. The molecule has 2 heteroatoms. The van der Waals surface area contributed by atoms with Crippen molar-refractivity contribution in [3.63, 3.8) is 0 Å². The average Bonchev–Trinajstić information content (AvgIpc) is 2.69. The van der Waals surface area contributed by atoms with Crippen LogP contribution in [0.3, 0.4) is 0 Å². The lowest BCUT2D eigenvalue weighted by atomic mass is 9.93. The lowest BCUT2D eigenvalue weighted by Crippen LogP contribution is -2.06. The number of hydrogen-bond acceptors (Lipinski definition) is 1. The maximum atomic E-state index is 5.85. The molecule has 0 aliphatic rings. The topological polar surface area (TPSA) is 4.93 Å². The maximum absolute atomic E-state index is 5.85. The van der Waals surface area contributed by atoms with Gasteiger partial charge in [0.15, 0.2) is 0 Å². The van der Waals surface area contributed by atoms with Crippen LogP contribution in [0.25, 0.3) is 33.2 Å². The van der Waals surface area contributed by atoms with E-state index in [1.54, 1.807) is 0 Å². The number of rotatable bonds is 3. The zero-order valence-corrected chi connectivity index (χ0v) is 15.0. The predicted molar refractivity (Wildman–Crippen MR) is 109 cm³/mol. The van der Waals surface area contributed by atoms with E-state index >= 15 is 0 Å². The SMILES string of the molecule is CCn1c(-c2ccccc2)c(-c2ccccc2)c2ccccc2c1=S. The molecule has 0 bridgehead atoms. The molecule has 1 nitrogen and oxygen atoms in total. The van der Waals surface area contributed by atoms with Crippen molar-refractivity contribution in [1.82, 2.24) is 4.57 Å². The fourth-order valence-corrected chi connectivity index (χ4v) is 3.89. The van der Waals surface area contributed by atoms with Gasteiger partial charge in [-0.2, -0.15) is 0 Å². The van der Waals surface area contributed by atoms with Gasteiger partial charge in [0.1, 0.15) is 4.64 Å². The Kier molecular flexibility index (Phi) is 4.21. The lowest BCUT2D eigenvalue weighted by Gasteiger charge is -2.21. The van der Waals surface area contributed by atoms with Crippen molar-refractivity contribution in [2.75, 3.05) is 0 Å². The molecule has 0 saturated carbocycles. The smallest absolute Gasteiger partial charge is 0.114 e. The third-order valence-corrected chi connectivity index (χ3v) is 5.04. The van der Waals surface area contributed by atoms with Gasteiger partial charge in [0.05, 0.1) is 5.69 Å². The average molecular weight is 341 g/mol. The van der Waals surface area contributed by atoms with Gasteiger partial charge in [-0.15, -0.1) is 0 Å². The fourth-order valence-electron chi connectivity index (χ4n) is 3.49. The first-order valence-electron chi connectivity index (χ1n) is 8.57. The van der Waals surface area contributed by atoms with Crippen LogP contribution in [0.2, 0.25) is 0 Å². The summed E-state index contributed by atoms with van der Waals surface area (Å²) in [6.07, 6.45) is 0. The van der Waals surface area contributed by atoms with Crippen LogP contribution in [0.4, 0.5) is 0 Å². The Morgan fingerprint density at radius 2 is 1.20 bits per heavy atom. The molecule has 0 radical (unpaired) electrons. The summed E-state index contributed by atoms with van der Waals surface area (Å²) >= 11 is 5.85. The van der Waals surface area contributed by atoms with Crippen LogP contribution in [0.15, 0.2) is 84.9 Å². The largest absolute Gasteiger partial charge is 0.331 e. The monoisotopic (exact) mass is 341 g/mol. The Morgan fingerprint density at radius 1 is 0.680 bits per heavy atom. The van der Waals surface area contributed by atoms with E-state index in [1.165, 1.54) is 27.8 Å². The zero-order chi connectivity index (χ0) is 17.2. The summed E-state index contributed by atoms with van der Waals surface area (Å²) in [4.78, 5) is 0. The van der Waals surface area contributed by atoms with E-state index in [0.717, 1.165) is 16.6 Å². The first kappa shape index (κ1) is 15.8. The second-order valence-electron chi connectivity index (χ2n) is 6.05. The Balaban J connectivity index is 2.24. The summed E-state index contributed by atoms with van der Waals surface area (Å²) in [5, 5.41) is 2.35. The van der Waals surface area contributed by atoms with E-state index in [1.807, 2.05) is 0 Å². The standard InChI is InChI=1S/C23H19NS/c1-2-24-22(18-13-7-4-8-14-18)21(17-11-5-3-6-12-17)19-15-9-10-16-20(19)23(24)25/h3-16H,2H2,1H3. The summed E-state index contributed by atoms with van der Waals surface area (Å²) in [7, 11) is 0. The van der Waals surface area contributed by atoms with Crippen LogP contribution in [-0.2, 0) is 6.54 Å². The Hall–Kier alpha value is -2.71. The summed E-state index contributed by atoms with van der Waals surface area (Å²) < 4.78 is 3.16. The van der Waals surface area contributed by atoms with Crippen LogP contribution >= 0.6 is 12.2 Å². The summed E-state index contributed by atoms with van der Waals surface area (Å²) in [5.74, 6) is 0. The lowest BCUT2D eigenvalue weighted by molar-refractivity contribution is 0.761. The van der Waals surface area contributed by atoms with Crippen LogP contribution < -0.4 is 0 Å². The van der Waals surface area contributed by atoms with Gasteiger partial charge >= 0.3 is 0 Å². The minimum absolute atomic E-state index is 0.841. The van der Waals surface area contributed by atoms with Gasteiger partial charge in [-0.05, 0) is 23.4 Å². The highest BCUT2D eigenvalue weighted by molar-refractivity contribution is 7.71. The number of fused-ring (bicyclic) bond motifs is 1. The summed E-state index contributed by atoms with van der Waals surface area (Å²) in [6, 6.07) is 29.6. The van der Waals surface area contributed by atoms with Crippen LogP contribution in [-0.4, -0.2) is 4.57 Å². The third-order valence-electron chi connectivity index (χ3n) is 4.60. The second-order valence-corrected chi connectivity index (χ2v) is 6.44. The van der Waals surface area contributed by atoms with Crippen LogP contribution in [0.1, 0.15) is 6.92 Å². The van der Waals surface area contributed by atoms with Crippen molar-refractivity contribution in [1.29, 1.82) is 0 Å². The van der Waals surface area contributed by atoms with Crippen LogP contribution in [0, 0.1) is 4.64 Å². The second kappa shape index (κ2) is 6.66. The molecule has 122 valence electrons. The van der Waals surface area contributed by atoms with Gasteiger partial charge in [-0.25, -0.2) is 0 Å². The van der Waals surface area contributed by atoms with Crippen molar-refractivity contribution in [2.45, 2.75) is 13.5 Å². The molecule has 3 aromatic carbocycles. The van der Waals surface area contributed by atoms with E-state index < -0.39 is 0 Å². The molecule has 0 fully saturated rings. The van der Waals surface area contributed by atoms with E-state index in [9.17, 15) is 0 Å². The Morgan fingerprint density at radius 3 is 1.80 bits per heavy atom. The van der Waals surface area contributed by atoms with Gasteiger partial charge < -0.3 is 4.57 Å². The molecule has 0 atom stereocenters. The highest BCUT2D eigenvalue weighted by Gasteiger charge is 2.16.